The fourth-order valence-corrected chi connectivity index (χ4v) is 2.52. The number of rotatable bonds is 0. The Balaban J connectivity index is 1.99. The smallest absolute Gasteiger partial charge is 0.0695 e. The predicted octanol–water partition coefficient (Wildman–Crippen LogP) is 0.899. The molecule has 2 heteroatoms. The Morgan fingerprint density at radius 3 is 2.73 bits per heavy atom. The SMILES string of the molecule is OC1CCC[C@@H]2CCCN[C@H]12. The van der Waals surface area contributed by atoms with Gasteiger partial charge in [0, 0.05) is 6.04 Å². The first-order chi connectivity index (χ1) is 5.38. The molecule has 1 aliphatic carbocycles. The highest BCUT2D eigenvalue weighted by atomic mass is 16.3. The topological polar surface area (TPSA) is 32.3 Å². The van der Waals surface area contributed by atoms with Crippen LogP contribution in [0, 0.1) is 5.92 Å². The molecule has 2 rings (SSSR count). The number of fused-ring (bicyclic) bond motifs is 1. The third-order valence-corrected chi connectivity index (χ3v) is 3.13. The number of aliphatic hydroxyl groups is 1. The molecule has 2 nitrogen and oxygen atoms in total. The van der Waals surface area contributed by atoms with E-state index in [0.717, 1.165) is 18.9 Å². The Hall–Kier alpha value is -0.0800. The van der Waals surface area contributed by atoms with Crippen molar-refractivity contribution in [2.24, 2.45) is 5.92 Å². The van der Waals surface area contributed by atoms with Crippen molar-refractivity contribution in [2.75, 3.05) is 6.54 Å². The number of aliphatic hydroxyl groups excluding tert-OH is 1. The van der Waals surface area contributed by atoms with E-state index in [9.17, 15) is 5.11 Å². The second-order valence-corrected chi connectivity index (χ2v) is 3.88. The Morgan fingerprint density at radius 2 is 1.91 bits per heavy atom. The quantitative estimate of drug-likeness (QED) is 0.544. The molecule has 0 aromatic rings. The van der Waals surface area contributed by atoms with Crippen LogP contribution >= 0.6 is 0 Å². The van der Waals surface area contributed by atoms with Crippen LogP contribution in [0.5, 0.6) is 0 Å². The van der Waals surface area contributed by atoms with Crippen molar-refractivity contribution in [3.05, 3.63) is 0 Å². The van der Waals surface area contributed by atoms with E-state index >= 15 is 0 Å². The lowest BCUT2D eigenvalue weighted by Gasteiger charge is -2.39. The summed E-state index contributed by atoms with van der Waals surface area (Å²) in [6.45, 7) is 1.11. The van der Waals surface area contributed by atoms with Crippen LogP contribution in [0.1, 0.15) is 32.1 Å². The molecular formula is C9H17NO. The van der Waals surface area contributed by atoms with Gasteiger partial charge in [-0.2, -0.15) is 0 Å². The van der Waals surface area contributed by atoms with Crippen LogP contribution in [-0.4, -0.2) is 23.8 Å². The lowest BCUT2D eigenvalue weighted by Crippen LogP contribution is -2.51. The van der Waals surface area contributed by atoms with E-state index in [1.165, 1.54) is 25.7 Å². The Bertz CT molecular complexity index is 136. The van der Waals surface area contributed by atoms with Gasteiger partial charge in [0.15, 0.2) is 0 Å². The van der Waals surface area contributed by atoms with Gasteiger partial charge in [-0.15, -0.1) is 0 Å². The molecular weight excluding hydrogens is 138 g/mol. The normalized spacial score (nSPS) is 45.0. The molecule has 0 bridgehead atoms. The first-order valence-electron chi connectivity index (χ1n) is 4.79. The summed E-state index contributed by atoms with van der Waals surface area (Å²) in [4.78, 5) is 0. The van der Waals surface area contributed by atoms with Crippen molar-refractivity contribution in [3.63, 3.8) is 0 Å². The van der Waals surface area contributed by atoms with Gasteiger partial charge in [0.25, 0.3) is 0 Å². The summed E-state index contributed by atoms with van der Waals surface area (Å²) in [6, 6.07) is 0.428. The summed E-state index contributed by atoms with van der Waals surface area (Å²) in [5.41, 5.74) is 0. The molecule has 64 valence electrons. The van der Waals surface area contributed by atoms with Gasteiger partial charge in [0.2, 0.25) is 0 Å². The first kappa shape index (κ1) is 7.56. The van der Waals surface area contributed by atoms with E-state index in [2.05, 4.69) is 5.32 Å². The summed E-state index contributed by atoms with van der Waals surface area (Å²) in [5.74, 6) is 0.771. The summed E-state index contributed by atoms with van der Waals surface area (Å²) in [7, 11) is 0. The maximum Gasteiger partial charge on any atom is 0.0695 e. The molecule has 0 aromatic heterocycles. The fourth-order valence-electron chi connectivity index (χ4n) is 2.52. The highest BCUT2D eigenvalue weighted by Gasteiger charge is 2.33. The van der Waals surface area contributed by atoms with Gasteiger partial charge in [0.05, 0.1) is 6.10 Å². The standard InChI is InChI=1S/C9H17NO/c11-8-5-1-3-7-4-2-6-10-9(7)8/h7-11H,1-6H2/t7-,8?,9+/m1/s1. The number of hydrogen-bond donors (Lipinski definition) is 2. The molecule has 2 aliphatic rings. The Morgan fingerprint density at radius 1 is 1.09 bits per heavy atom. The van der Waals surface area contributed by atoms with Gasteiger partial charge in [0.1, 0.15) is 0 Å². The molecule has 0 spiro atoms. The van der Waals surface area contributed by atoms with E-state index < -0.39 is 0 Å². The van der Waals surface area contributed by atoms with Gasteiger partial charge in [-0.1, -0.05) is 6.42 Å². The highest BCUT2D eigenvalue weighted by Crippen LogP contribution is 2.30. The van der Waals surface area contributed by atoms with Crippen LogP contribution in [0.25, 0.3) is 0 Å². The van der Waals surface area contributed by atoms with E-state index in [1.807, 2.05) is 0 Å². The van der Waals surface area contributed by atoms with Gasteiger partial charge in [-0.3, -0.25) is 0 Å². The lowest BCUT2D eigenvalue weighted by atomic mass is 9.78. The van der Waals surface area contributed by atoms with Crippen molar-refractivity contribution < 1.29 is 5.11 Å². The third-order valence-electron chi connectivity index (χ3n) is 3.13. The molecule has 1 unspecified atom stereocenters. The maximum atomic E-state index is 9.64. The monoisotopic (exact) mass is 155 g/mol. The number of nitrogens with one attached hydrogen (secondary N) is 1. The second kappa shape index (κ2) is 3.11. The fraction of sp³-hybridized carbons (Fsp3) is 1.00. The van der Waals surface area contributed by atoms with Crippen molar-refractivity contribution in [1.82, 2.24) is 5.32 Å². The maximum absolute atomic E-state index is 9.64. The zero-order valence-electron chi connectivity index (χ0n) is 6.92. The van der Waals surface area contributed by atoms with Gasteiger partial charge in [-0.25, -0.2) is 0 Å². The largest absolute Gasteiger partial charge is 0.391 e. The van der Waals surface area contributed by atoms with Crippen molar-refractivity contribution >= 4 is 0 Å². The zero-order chi connectivity index (χ0) is 7.68. The van der Waals surface area contributed by atoms with Gasteiger partial charge in [-0.05, 0) is 38.1 Å². The number of hydrogen-bond acceptors (Lipinski definition) is 2. The van der Waals surface area contributed by atoms with E-state index in [0.29, 0.717) is 6.04 Å². The molecule has 11 heavy (non-hydrogen) atoms. The Kier molecular flexibility index (Phi) is 2.14. The van der Waals surface area contributed by atoms with Crippen LogP contribution in [0.2, 0.25) is 0 Å². The summed E-state index contributed by atoms with van der Waals surface area (Å²) in [5, 5.41) is 13.1. The van der Waals surface area contributed by atoms with E-state index in [1.54, 1.807) is 0 Å². The van der Waals surface area contributed by atoms with Crippen LogP contribution in [0.4, 0.5) is 0 Å². The zero-order valence-corrected chi connectivity index (χ0v) is 6.92. The molecule has 2 fully saturated rings. The van der Waals surface area contributed by atoms with Crippen LogP contribution in [-0.2, 0) is 0 Å². The molecule has 3 atom stereocenters. The minimum Gasteiger partial charge on any atom is -0.391 e. The Labute approximate surface area is 68.0 Å². The van der Waals surface area contributed by atoms with Crippen molar-refractivity contribution in [2.45, 2.75) is 44.2 Å². The van der Waals surface area contributed by atoms with Gasteiger partial charge < -0.3 is 10.4 Å². The summed E-state index contributed by atoms with van der Waals surface area (Å²) in [6.07, 6.45) is 6.13. The molecule has 0 radical (unpaired) electrons. The number of piperidine rings is 1. The summed E-state index contributed by atoms with van der Waals surface area (Å²) >= 11 is 0. The van der Waals surface area contributed by atoms with E-state index in [4.69, 9.17) is 0 Å². The molecule has 2 N–H and O–H groups in total. The molecule has 1 saturated carbocycles. The predicted molar refractivity (Wildman–Crippen MR) is 44.4 cm³/mol. The van der Waals surface area contributed by atoms with Crippen LogP contribution < -0.4 is 5.32 Å². The summed E-state index contributed by atoms with van der Waals surface area (Å²) < 4.78 is 0. The van der Waals surface area contributed by atoms with Crippen molar-refractivity contribution in [1.29, 1.82) is 0 Å². The first-order valence-corrected chi connectivity index (χ1v) is 4.79. The molecule has 0 aromatic carbocycles. The van der Waals surface area contributed by atoms with Crippen molar-refractivity contribution in [3.8, 4) is 0 Å². The molecule has 1 heterocycles. The molecule has 1 saturated heterocycles. The van der Waals surface area contributed by atoms with Crippen LogP contribution in [0.3, 0.4) is 0 Å². The lowest BCUT2D eigenvalue weighted by molar-refractivity contribution is 0.0424. The van der Waals surface area contributed by atoms with Gasteiger partial charge >= 0.3 is 0 Å². The molecule has 0 amide bonds. The van der Waals surface area contributed by atoms with Crippen LogP contribution in [0.15, 0.2) is 0 Å². The minimum absolute atomic E-state index is 0.0611. The molecule has 1 aliphatic heterocycles. The highest BCUT2D eigenvalue weighted by molar-refractivity contribution is 4.90. The minimum atomic E-state index is -0.0611. The average molecular weight is 155 g/mol. The van der Waals surface area contributed by atoms with E-state index in [-0.39, 0.29) is 6.10 Å². The second-order valence-electron chi connectivity index (χ2n) is 3.88. The third kappa shape index (κ3) is 1.42. The average Bonchev–Trinajstić information content (AvgIpc) is 2.06.